The molecule has 0 bridgehead atoms. The van der Waals surface area contributed by atoms with Crippen molar-refractivity contribution in [2.75, 3.05) is 12.4 Å². The van der Waals surface area contributed by atoms with Crippen LogP contribution >= 0.6 is 11.8 Å². The van der Waals surface area contributed by atoms with E-state index >= 15 is 0 Å². The molecule has 23 heavy (non-hydrogen) atoms. The number of hydrogen-bond donors (Lipinski definition) is 3. The number of urea groups is 1. The Morgan fingerprint density at radius 2 is 2.04 bits per heavy atom. The highest BCUT2D eigenvalue weighted by Crippen LogP contribution is 2.32. The smallest absolute Gasteiger partial charge is 0.321 e. The summed E-state index contributed by atoms with van der Waals surface area (Å²) in [5, 5.41) is 13.1. The highest BCUT2D eigenvalue weighted by Gasteiger charge is 2.25. The Labute approximate surface area is 139 Å². The van der Waals surface area contributed by atoms with Crippen molar-refractivity contribution in [1.29, 1.82) is 0 Å². The van der Waals surface area contributed by atoms with E-state index in [0.717, 1.165) is 18.7 Å². The zero-order chi connectivity index (χ0) is 16.8. The zero-order valence-corrected chi connectivity index (χ0v) is 14.4. The lowest BCUT2D eigenvalue weighted by Gasteiger charge is -2.20. The van der Waals surface area contributed by atoms with Gasteiger partial charge in [-0.3, -0.25) is 10.1 Å². The van der Waals surface area contributed by atoms with Crippen molar-refractivity contribution < 1.29 is 9.59 Å². The van der Waals surface area contributed by atoms with Crippen molar-refractivity contribution in [2.45, 2.75) is 62.3 Å². The van der Waals surface area contributed by atoms with Gasteiger partial charge >= 0.3 is 6.03 Å². The lowest BCUT2D eigenvalue weighted by molar-refractivity contribution is -0.119. The molecule has 0 saturated heterocycles. The largest absolute Gasteiger partial charge is 0.338 e. The average molecular weight is 340 g/mol. The number of nitrogens with one attached hydrogen (secondary N) is 2. The first-order valence-electron chi connectivity index (χ1n) is 7.98. The molecule has 0 radical (unpaired) electrons. The number of amides is 3. The first-order chi connectivity index (χ1) is 11.0. The summed E-state index contributed by atoms with van der Waals surface area (Å²) in [4.78, 5) is 23.3. The molecule has 1 aliphatic carbocycles. The third kappa shape index (κ3) is 4.60. The van der Waals surface area contributed by atoms with E-state index in [1.807, 2.05) is 0 Å². The monoisotopic (exact) mass is 340 g/mol. The zero-order valence-electron chi connectivity index (χ0n) is 13.5. The highest BCUT2D eigenvalue weighted by atomic mass is 32.2. The molecule has 1 atom stereocenters. The lowest BCUT2D eigenvalue weighted by Crippen LogP contribution is -2.42. The van der Waals surface area contributed by atoms with Gasteiger partial charge in [0, 0.05) is 12.5 Å². The third-order valence-corrected chi connectivity index (χ3v) is 4.94. The first-order valence-corrected chi connectivity index (χ1v) is 8.86. The molecule has 2 rings (SSSR count). The van der Waals surface area contributed by atoms with Gasteiger partial charge in [0.2, 0.25) is 11.1 Å². The van der Waals surface area contributed by atoms with Crippen molar-refractivity contribution in [3.05, 3.63) is 5.82 Å². The second-order valence-electron chi connectivity index (χ2n) is 5.65. The molecule has 1 fully saturated rings. The molecule has 128 valence electrons. The fraction of sp³-hybridized carbons (Fsp3) is 0.714. The maximum atomic E-state index is 12.0. The Morgan fingerprint density at radius 1 is 1.35 bits per heavy atom. The van der Waals surface area contributed by atoms with Crippen molar-refractivity contribution >= 4 is 23.7 Å². The second-order valence-corrected chi connectivity index (χ2v) is 6.96. The standard InChI is InChI=1S/C14H24N6O2S/c1-3-16-13(22)17-12(21)9(2)23-14-19-18-11(20(14)15)10-7-5-4-6-8-10/h9-10H,3-8,15H2,1-2H3,(H2,16,17,21,22)/t9-/m0/s1. The summed E-state index contributed by atoms with van der Waals surface area (Å²) < 4.78 is 1.48. The molecule has 0 aromatic carbocycles. The molecule has 1 aliphatic rings. The van der Waals surface area contributed by atoms with Crippen LogP contribution in [0.4, 0.5) is 4.79 Å². The predicted octanol–water partition coefficient (Wildman–Crippen LogP) is 1.37. The summed E-state index contributed by atoms with van der Waals surface area (Å²) in [5.74, 6) is 6.83. The van der Waals surface area contributed by atoms with Crippen LogP contribution in [0.1, 0.15) is 57.7 Å². The summed E-state index contributed by atoms with van der Waals surface area (Å²) in [6.45, 7) is 3.95. The van der Waals surface area contributed by atoms with Crippen LogP contribution in [0.15, 0.2) is 5.16 Å². The first kappa shape index (κ1) is 17.6. The maximum absolute atomic E-state index is 12.0. The van der Waals surface area contributed by atoms with E-state index in [-0.39, 0.29) is 5.91 Å². The molecule has 1 aromatic heterocycles. The van der Waals surface area contributed by atoms with Crippen LogP contribution in [0.5, 0.6) is 0 Å². The fourth-order valence-corrected chi connectivity index (χ4v) is 3.42. The van der Waals surface area contributed by atoms with Crippen LogP contribution in [0.25, 0.3) is 0 Å². The van der Waals surface area contributed by atoms with E-state index in [0.29, 0.717) is 17.6 Å². The fourth-order valence-electron chi connectivity index (χ4n) is 2.64. The van der Waals surface area contributed by atoms with E-state index in [2.05, 4.69) is 20.8 Å². The van der Waals surface area contributed by atoms with Gasteiger partial charge < -0.3 is 11.2 Å². The summed E-state index contributed by atoms with van der Waals surface area (Å²) in [6.07, 6.45) is 5.78. The minimum atomic E-state index is -0.498. The number of carbonyl (C=O) groups excluding carboxylic acids is 2. The van der Waals surface area contributed by atoms with Crippen LogP contribution in [0, 0.1) is 0 Å². The molecule has 1 saturated carbocycles. The van der Waals surface area contributed by atoms with Crippen molar-refractivity contribution in [3.63, 3.8) is 0 Å². The predicted molar refractivity (Wildman–Crippen MR) is 88.5 cm³/mol. The number of rotatable bonds is 5. The van der Waals surface area contributed by atoms with Gasteiger partial charge in [0.05, 0.1) is 5.25 Å². The van der Waals surface area contributed by atoms with Crippen LogP contribution in [0.2, 0.25) is 0 Å². The number of nitrogen functional groups attached to an aromatic ring is 1. The number of aromatic nitrogens is 3. The Morgan fingerprint density at radius 3 is 2.70 bits per heavy atom. The van der Waals surface area contributed by atoms with Crippen molar-refractivity contribution in [1.82, 2.24) is 25.5 Å². The summed E-state index contributed by atoms with van der Waals surface area (Å²) in [5.41, 5.74) is 0. The summed E-state index contributed by atoms with van der Waals surface area (Å²) in [6, 6.07) is -0.498. The van der Waals surface area contributed by atoms with Gasteiger partial charge in [0.15, 0.2) is 5.82 Å². The van der Waals surface area contributed by atoms with E-state index < -0.39 is 11.3 Å². The minimum Gasteiger partial charge on any atom is -0.338 e. The van der Waals surface area contributed by atoms with Crippen LogP contribution in [0.3, 0.4) is 0 Å². The number of thioether (sulfide) groups is 1. The third-order valence-electron chi connectivity index (χ3n) is 3.89. The minimum absolute atomic E-state index is 0.343. The maximum Gasteiger partial charge on any atom is 0.321 e. The van der Waals surface area contributed by atoms with Gasteiger partial charge in [0.1, 0.15) is 0 Å². The quantitative estimate of drug-likeness (QED) is 0.551. The summed E-state index contributed by atoms with van der Waals surface area (Å²) >= 11 is 1.20. The Kier molecular flexibility index (Phi) is 6.26. The Hall–Kier alpha value is -1.77. The van der Waals surface area contributed by atoms with E-state index in [1.54, 1.807) is 13.8 Å². The van der Waals surface area contributed by atoms with Gasteiger partial charge in [0.25, 0.3) is 0 Å². The molecule has 1 aromatic rings. The van der Waals surface area contributed by atoms with E-state index in [9.17, 15) is 9.59 Å². The van der Waals surface area contributed by atoms with Gasteiger partial charge in [-0.15, -0.1) is 10.2 Å². The topological polar surface area (TPSA) is 115 Å². The lowest BCUT2D eigenvalue weighted by atomic mass is 9.89. The molecular weight excluding hydrogens is 316 g/mol. The second kappa shape index (κ2) is 8.19. The van der Waals surface area contributed by atoms with Crippen LogP contribution in [-0.2, 0) is 4.79 Å². The molecule has 1 heterocycles. The summed E-state index contributed by atoms with van der Waals surface area (Å²) in [7, 11) is 0. The Balaban J connectivity index is 1.95. The molecule has 8 nitrogen and oxygen atoms in total. The number of carbonyl (C=O) groups is 2. The molecule has 9 heteroatoms. The van der Waals surface area contributed by atoms with E-state index in [4.69, 9.17) is 5.84 Å². The van der Waals surface area contributed by atoms with Crippen molar-refractivity contribution in [3.8, 4) is 0 Å². The molecule has 0 unspecified atom stereocenters. The SMILES string of the molecule is CCNC(=O)NC(=O)[C@H](C)Sc1nnc(C2CCCCC2)n1N. The number of nitrogens with two attached hydrogens (primary N) is 1. The molecule has 4 N–H and O–H groups in total. The average Bonchev–Trinajstić information content (AvgIpc) is 2.89. The van der Waals surface area contributed by atoms with Crippen molar-refractivity contribution in [2.24, 2.45) is 0 Å². The van der Waals surface area contributed by atoms with Gasteiger partial charge in [-0.1, -0.05) is 31.0 Å². The van der Waals surface area contributed by atoms with Crippen LogP contribution < -0.4 is 16.5 Å². The van der Waals surface area contributed by atoms with Gasteiger partial charge in [-0.05, 0) is 26.7 Å². The molecular formula is C14H24N6O2S. The molecule has 3 amide bonds. The van der Waals surface area contributed by atoms with Gasteiger partial charge in [-0.2, -0.15) is 0 Å². The number of imide groups is 1. The molecule has 0 aliphatic heterocycles. The normalized spacial score (nSPS) is 16.8. The van der Waals surface area contributed by atoms with E-state index in [1.165, 1.54) is 35.7 Å². The highest BCUT2D eigenvalue weighted by molar-refractivity contribution is 8.00. The number of nitrogens with zero attached hydrogens (tertiary/aromatic N) is 3. The Bertz CT molecular complexity index is 555. The molecule has 0 spiro atoms. The van der Waals surface area contributed by atoms with Crippen LogP contribution in [-0.4, -0.2) is 38.6 Å². The van der Waals surface area contributed by atoms with Gasteiger partial charge in [-0.25, -0.2) is 9.47 Å². The number of hydrogen-bond acceptors (Lipinski definition) is 6.